The fourth-order valence-electron chi connectivity index (χ4n) is 2.18. The molecule has 16 heavy (non-hydrogen) atoms. The highest BCUT2D eigenvalue weighted by atomic mass is 14.9. The van der Waals surface area contributed by atoms with Crippen molar-refractivity contribution in [2.75, 3.05) is 5.32 Å². The van der Waals surface area contributed by atoms with E-state index in [1.54, 1.807) is 0 Å². The Morgan fingerprint density at radius 2 is 1.81 bits per heavy atom. The summed E-state index contributed by atoms with van der Waals surface area (Å²) >= 11 is 0. The van der Waals surface area contributed by atoms with Gasteiger partial charge in [-0.25, -0.2) is 0 Å². The largest absolute Gasteiger partial charge is 0.382 e. The molecule has 1 atom stereocenters. The van der Waals surface area contributed by atoms with E-state index in [4.69, 9.17) is 0 Å². The Labute approximate surface area is 100 Å². The van der Waals surface area contributed by atoms with Crippen LogP contribution in [0.4, 0.5) is 5.69 Å². The van der Waals surface area contributed by atoms with Crippen molar-refractivity contribution in [1.29, 1.82) is 0 Å². The molecule has 0 aliphatic rings. The van der Waals surface area contributed by atoms with Crippen molar-refractivity contribution in [2.45, 2.75) is 53.0 Å². The molecule has 1 N–H and O–H groups in total. The zero-order chi connectivity index (χ0) is 12.0. The van der Waals surface area contributed by atoms with Gasteiger partial charge < -0.3 is 5.32 Å². The topological polar surface area (TPSA) is 12.0 Å². The number of anilines is 1. The van der Waals surface area contributed by atoms with Crippen LogP contribution in [0.3, 0.4) is 0 Å². The Kier molecular flexibility index (Phi) is 5.37. The molecule has 1 rings (SSSR count). The van der Waals surface area contributed by atoms with Crippen LogP contribution in [0.2, 0.25) is 0 Å². The van der Waals surface area contributed by atoms with E-state index in [2.05, 4.69) is 57.3 Å². The summed E-state index contributed by atoms with van der Waals surface area (Å²) in [6.45, 7) is 9.04. The Bertz CT molecular complexity index is 304. The molecule has 0 aromatic heterocycles. The molecule has 0 saturated heterocycles. The van der Waals surface area contributed by atoms with E-state index in [1.165, 1.54) is 24.1 Å². The number of hydrogen-bond acceptors (Lipinski definition) is 1. The zero-order valence-electron chi connectivity index (χ0n) is 11.1. The van der Waals surface area contributed by atoms with Gasteiger partial charge in [-0.15, -0.1) is 0 Å². The average Bonchev–Trinajstić information content (AvgIpc) is 2.20. The number of benzene rings is 1. The van der Waals surface area contributed by atoms with Crippen LogP contribution < -0.4 is 5.32 Å². The lowest BCUT2D eigenvalue weighted by Crippen LogP contribution is -2.18. The molecule has 0 aliphatic carbocycles. The molecule has 0 fully saturated rings. The maximum absolute atomic E-state index is 3.63. The number of aryl methyl sites for hydroxylation is 1. The molecule has 1 heteroatoms. The summed E-state index contributed by atoms with van der Waals surface area (Å²) in [5.74, 6) is 0.751. The Morgan fingerprint density at radius 1 is 1.12 bits per heavy atom. The van der Waals surface area contributed by atoms with Gasteiger partial charge in [0.05, 0.1) is 0 Å². The van der Waals surface area contributed by atoms with E-state index in [-0.39, 0.29) is 0 Å². The lowest BCUT2D eigenvalue weighted by Gasteiger charge is -2.19. The van der Waals surface area contributed by atoms with Crippen LogP contribution in [0.5, 0.6) is 0 Å². The van der Waals surface area contributed by atoms with Crippen LogP contribution in [0.15, 0.2) is 24.3 Å². The molecular weight excluding hydrogens is 194 g/mol. The summed E-state index contributed by atoms with van der Waals surface area (Å²) in [5, 5.41) is 3.63. The quantitative estimate of drug-likeness (QED) is 0.743. The molecule has 0 bridgehead atoms. The number of hydrogen-bond donors (Lipinski definition) is 1. The number of rotatable bonds is 6. The summed E-state index contributed by atoms with van der Waals surface area (Å²) in [5.41, 5.74) is 2.76. The summed E-state index contributed by atoms with van der Waals surface area (Å²) in [6, 6.07) is 9.22. The minimum atomic E-state index is 0.554. The molecule has 0 radical (unpaired) electrons. The molecular formula is C15H25N. The molecule has 1 aromatic rings. The third kappa shape index (κ3) is 4.26. The van der Waals surface area contributed by atoms with Crippen molar-refractivity contribution in [2.24, 2.45) is 5.92 Å². The second-order valence-electron chi connectivity index (χ2n) is 5.08. The molecule has 1 nitrogen and oxygen atoms in total. The standard InChI is InChI=1S/C15H25N/c1-5-8-14-9-6-7-10-15(14)16-13(4)11-12(2)3/h6-7,9-10,12-13,16H,5,8,11H2,1-4H3. The van der Waals surface area contributed by atoms with Gasteiger partial charge in [0.25, 0.3) is 0 Å². The average molecular weight is 219 g/mol. The van der Waals surface area contributed by atoms with E-state index >= 15 is 0 Å². The Morgan fingerprint density at radius 3 is 2.44 bits per heavy atom. The maximum Gasteiger partial charge on any atom is 0.0374 e. The van der Waals surface area contributed by atoms with E-state index in [1.807, 2.05) is 0 Å². The lowest BCUT2D eigenvalue weighted by molar-refractivity contribution is 0.539. The number of nitrogens with one attached hydrogen (secondary N) is 1. The van der Waals surface area contributed by atoms with Gasteiger partial charge in [-0.2, -0.15) is 0 Å². The van der Waals surface area contributed by atoms with Gasteiger partial charge in [-0.1, -0.05) is 45.4 Å². The third-order valence-electron chi connectivity index (χ3n) is 2.76. The molecule has 0 spiro atoms. The number of para-hydroxylation sites is 1. The van der Waals surface area contributed by atoms with E-state index in [0.717, 1.165) is 12.3 Å². The van der Waals surface area contributed by atoms with Crippen molar-refractivity contribution < 1.29 is 0 Å². The van der Waals surface area contributed by atoms with Gasteiger partial charge in [-0.3, -0.25) is 0 Å². The second-order valence-corrected chi connectivity index (χ2v) is 5.08. The fourth-order valence-corrected chi connectivity index (χ4v) is 2.18. The van der Waals surface area contributed by atoms with Gasteiger partial charge in [-0.05, 0) is 37.3 Å². The van der Waals surface area contributed by atoms with Crippen LogP contribution in [0, 0.1) is 5.92 Å². The monoisotopic (exact) mass is 219 g/mol. The smallest absolute Gasteiger partial charge is 0.0374 e. The van der Waals surface area contributed by atoms with Crippen LogP contribution in [0.25, 0.3) is 0 Å². The summed E-state index contributed by atoms with van der Waals surface area (Å²) < 4.78 is 0. The van der Waals surface area contributed by atoms with E-state index < -0.39 is 0 Å². The summed E-state index contributed by atoms with van der Waals surface area (Å²) in [6.07, 6.45) is 3.59. The Balaban J connectivity index is 2.64. The Hall–Kier alpha value is -0.980. The lowest BCUT2D eigenvalue weighted by atomic mass is 10.0. The molecule has 1 unspecified atom stereocenters. The van der Waals surface area contributed by atoms with Gasteiger partial charge in [0.1, 0.15) is 0 Å². The molecule has 0 aliphatic heterocycles. The van der Waals surface area contributed by atoms with Crippen LogP contribution >= 0.6 is 0 Å². The van der Waals surface area contributed by atoms with Crippen molar-refractivity contribution in [3.8, 4) is 0 Å². The summed E-state index contributed by atoms with van der Waals surface area (Å²) in [4.78, 5) is 0. The van der Waals surface area contributed by atoms with Crippen LogP contribution in [-0.2, 0) is 6.42 Å². The first-order valence-corrected chi connectivity index (χ1v) is 6.48. The van der Waals surface area contributed by atoms with Crippen molar-refractivity contribution in [3.05, 3.63) is 29.8 Å². The predicted octanol–water partition coefficient (Wildman–Crippen LogP) is 4.49. The normalized spacial score (nSPS) is 12.8. The maximum atomic E-state index is 3.63. The van der Waals surface area contributed by atoms with E-state index in [0.29, 0.717) is 6.04 Å². The van der Waals surface area contributed by atoms with Gasteiger partial charge >= 0.3 is 0 Å². The van der Waals surface area contributed by atoms with Crippen LogP contribution in [-0.4, -0.2) is 6.04 Å². The third-order valence-corrected chi connectivity index (χ3v) is 2.76. The predicted molar refractivity (Wildman–Crippen MR) is 73.0 cm³/mol. The van der Waals surface area contributed by atoms with Gasteiger partial charge in [0, 0.05) is 11.7 Å². The molecule has 0 amide bonds. The first-order valence-electron chi connectivity index (χ1n) is 6.48. The first kappa shape index (κ1) is 13.1. The molecule has 0 saturated carbocycles. The highest BCUT2D eigenvalue weighted by Crippen LogP contribution is 2.19. The highest BCUT2D eigenvalue weighted by molar-refractivity contribution is 5.51. The molecule has 0 heterocycles. The van der Waals surface area contributed by atoms with Gasteiger partial charge in [0.2, 0.25) is 0 Å². The summed E-state index contributed by atoms with van der Waals surface area (Å²) in [7, 11) is 0. The highest BCUT2D eigenvalue weighted by Gasteiger charge is 2.07. The van der Waals surface area contributed by atoms with Crippen molar-refractivity contribution in [3.63, 3.8) is 0 Å². The zero-order valence-corrected chi connectivity index (χ0v) is 11.1. The van der Waals surface area contributed by atoms with Gasteiger partial charge in [0.15, 0.2) is 0 Å². The van der Waals surface area contributed by atoms with E-state index in [9.17, 15) is 0 Å². The van der Waals surface area contributed by atoms with Crippen molar-refractivity contribution >= 4 is 5.69 Å². The minimum absolute atomic E-state index is 0.554. The SMILES string of the molecule is CCCc1ccccc1NC(C)CC(C)C. The second kappa shape index (κ2) is 6.57. The molecule has 90 valence electrons. The molecule has 1 aromatic carbocycles. The minimum Gasteiger partial charge on any atom is -0.382 e. The van der Waals surface area contributed by atoms with Crippen molar-refractivity contribution in [1.82, 2.24) is 0 Å². The van der Waals surface area contributed by atoms with Crippen LogP contribution in [0.1, 0.15) is 46.1 Å². The first-order chi connectivity index (χ1) is 7.63. The fraction of sp³-hybridized carbons (Fsp3) is 0.600.